The molecule has 2 aromatic rings. The van der Waals surface area contributed by atoms with Crippen LogP contribution < -0.4 is 26.2 Å². The highest BCUT2D eigenvalue weighted by atomic mass is 16.6. The van der Waals surface area contributed by atoms with Crippen molar-refractivity contribution in [2.24, 2.45) is 94.5 Å². The summed E-state index contributed by atoms with van der Waals surface area (Å²) >= 11 is 0. The molecule has 0 aromatic heterocycles. The molecule has 3 aliphatic rings. The van der Waals surface area contributed by atoms with Crippen LogP contribution in [0.15, 0.2) is 48.5 Å². The van der Waals surface area contributed by atoms with Gasteiger partial charge in [0.25, 0.3) is 5.91 Å². The number of nitrogens with two attached hydrogens (primary N) is 1. The molecule has 3 saturated heterocycles. The van der Waals surface area contributed by atoms with Gasteiger partial charge in [0, 0.05) is 126 Å². The normalized spacial score (nSPS) is 19.4. The molecule has 0 spiro atoms. The molecule has 2 aromatic carbocycles. The zero-order valence-electron chi connectivity index (χ0n) is 79.0. The summed E-state index contributed by atoms with van der Waals surface area (Å²) in [5, 5.41) is 54.1. The number of carbonyl (C=O) groups is 14. The molecule has 4 amide bonds. The number of methoxy groups -OCH3 is 6. The number of benzene rings is 2. The third-order valence-corrected chi connectivity index (χ3v) is 22.9. The Morgan fingerprint density at radius 2 is 0.898 bits per heavy atom. The number of amides is 4. The number of carboxylic acids is 3. The topological polar surface area (TPSA) is 492 Å². The molecule has 35 heteroatoms. The largest absolute Gasteiger partial charge is 0.481 e. The number of ether oxygens (including phenoxy) is 10. The maximum atomic E-state index is 14.5. The number of imide groups is 1. The van der Waals surface area contributed by atoms with Crippen LogP contribution in [0.2, 0.25) is 0 Å². The van der Waals surface area contributed by atoms with Gasteiger partial charge in [-0.05, 0) is 177 Å². The number of Topliss-reactive ketones (excluding diaryl/α,β-unsaturated/α-hetero) is 1. The molecule has 3 aliphatic heterocycles. The Kier molecular flexibility index (Phi) is 56.2. The predicted molar refractivity (Wildman–Crippen MR) is 473 cm³/mol. The summed E-state index contributed by atoms with van der Waals surface area (Å²) in [5.74, 6) is -22.9. The van der Waals surface area contributed by atoms with Gasteiger partial charge in [0.05, 0.1) is 121 Å². The lowest BCUT2D eigenvalue weighted by Gasteiger charge is -2.33. The Morgan fingerprint density at radius 1 is 0.488 bits per heavy atom. The maximum Gasteiger partial charge on any atom is 0.317 e. The molecule has 722 valence electrons. The summed E-state index contributed by atoms with van der Waals surface area (Å²) in [6.45, 7) is 22.5. The maximum absolute atomic E-state index is 14.5. The number of hydrogen-bond donors (Lipinski definition) is 8. The van der Waals surface area contributed by atoms with Crippen molar-refractivity contribution in [3.8, 4) is 0 Å². The summed E-state index contributed by atoms with van der Waals surface area (Å²) in [4.78, 5) is 187. The van der Waals surface area contributed by atoms with Crippen LogP contribution in [0.3, 0.4) is 0 Å². The molecule has 0 saturated carbocycles. The number of hydrogen-bond acceptors (Lipinski definition) is 29. The molecule has 3 heterocycles. The van der Waals surface area contributed by atoms with Crippen molar-refractivity contribution in [3.63, 3.8) is 0 Å². The van der Waals surface area contributed by atoms with Crippen LogP contribution in [0.5, 0.6) is 0 Å². The van der Waals surface area contributed by atoms with E-state index < -0.39 is 167 Å². The number of carbonyl (C=O) groups excluding carboxylic acids is 11. The lowest BCUT2D eigenvalue weighted by atomic mass is 9.76. The lowest BCUT2D eigenvalue weighted by Crippen LogP contribution is -2.47. The van der Waals surface area contributed by atoms with Crippen LogP contribution in [-0.4, -0.2) is 274 Å². The summed E-state index contributed by atoms with van der Waals surface area (Å²) in [5.41, 5.74) is 8.24. The van der Waals surface area contributed by atoms with E-state index in [2.05, 4.69) is 29.2 Å². The fraction of sp³-hybridized carbons (Fsp3) is 0.717. The van der Waals surface area contributed by atoms with E-state index in [4.69, 9.17) is 58.6 Å². The third kappa shape index (κ3) is 38.7. The number of esters is 6. The summed E-state index contributed by atoms with van der Waals surface area (Å²) in [7, 11) is 15.9. The highest BCUT2D eigenvalue weighted by Gasteiger charge is 2.51. The second kappa shape index (κ2) is 61.5. The molecular weight excluding hydrogens is 1650 g/mol. The fourth-order valence-electron chi connectivity index (χ4n) is 15.2. The average molecular weight is 1800 g/mol. The number of ketones is 1. The van der Waals surface area contributed by atoms with Crippen LogP contribution >= 0.6 is 0 Å². The van der Waals surface area contributed by atoms with Gasteiger partial charge in [-0.3, -0.25) is 72.0 Å². The number of likely N-dealkylation sites (tertiary alicyclic amines) is 1. The van der Waals surface area contributed by atoms with E-state index in [1.165, 1.54) is 54.3 Å². The molecule has 5 rings (SSSR count). The summed E-state index contributed by atoms with van der Waals surface area (Å²) in [6.07, 6.45) is -3.65. The monoisotopic (exact) mass is 1800 g/mol. The van der Waals surface area contributed by atoms with Crippen LogP contribution in [0, 0.1) is 88.8 Å². The number of nitrogens with zero attached hydrogens (tertiary/aromatic N) is 3. The highest BCUT2D eigenvalue weighted by Crippen LogP contribution is 2.40. The smallest absolute Gasteiger partial charge is 0.317 e. The third-order valence-electron chi connectivity index (χ3n) is 22.9. The van der Waals surface area contributed by atoms with Crippen molar-refractivity contribution < 1.29 is 140 Å². The van der Waals surface area contributed by atoms with Crippen molar-refractivity contribution in [2.75, 3.05) is 133 Å². The first-order valence-corrected chi connectivity index (χ1v) is 44.1. The number of aliphatic hydroxyl groups excluding tert-OH is 2. The fourth-order valence-corrected chi connectivity index (χ4v) is 15.2. The SMILES string of the molecule is CC(C)CN.CCC(CC1C(=O)OC(=O)C1C)OC.CCO.CCOC(=O)C(C(CCC(C(=O)O)C(C(=O)NCC(C)C)C(CCC1C(=O)N(CC(C)C)C(=O)C1CC(CCC(C(=O)O)C(C(=O)OCCNC(=O)c1ccc(N(C)C)cc1)C(CC)OC)OC)OC)OC)C(CCC(CC1C(=O)OC(=O)C1C)OC)C(=O)O.CN(C)c1ccc(C(=O)CCCO)cc1. The minimum atomic E-state index is -1.57. The number of anilines is 2. The zero-order valence-corrected chi connectivity index (χ0v) is 79.0. The second-order valence-electron chi connectivity index (χ2n) is 33.7. The van der Waals surface area contributed by atoms with Gasteiger partial charge in [0.2, 0.25) is 17.7 Å². The van der Waals surface area contributed by atoms with Crippen LogP contribution in [-0.2, 0) is 105 Å². The molecule has 0 bridgehead atoms. The Morgan fingerprint density at radius 3 is 1.28 bits per heavy atom. The molecule has 127 heavy (non-hydrogen) atoms. The van der Waals surface area contributed by atoms with Crippen molar-refractivity contribution in [1.29, 1.82) is 0 Å². The second-order valence-corrected chi connectivity index (χ2v) is 33.7. The molecule has 18 atom stereocenters. The van der Waals surface area contributed by atoms with E-state index in [0.717, 1.165) is 24.3 Å². The van der Waals surface area contributed by atoms with Gasteiger partial charge in [0.1, 0.15) is 6.61 Å². The minimum Gasteiger partial charge on any atom is -0.481 e. The van der Waals surface area contributed by atoms with Crippen molar-refractivity contribution in [2.45, 2.75) is 216 Å². The number of rotatable bonds is 54. The summed E-state index contributed by atoms with van der Waals surface area (Å²) in [6, 6.07) is 14.4. The summed E-state index contributed by atoms with van der Waals surface area (Å²) < 4.78 is 54.4. The van der Waals surface area contributed by atoms with Crippen LogP contribution in [0.4, 0.5) is 11.4 Å². The molecule has 3 fully saturated rings. The molecule has 9 N–H and O–H groups in total. The molecule has 0 aliphatic carbocycles. The molecule has 18 unspecified atom stereocenters. The van der Waals surface area contributed by atoms with E-state index in [1.54, 1.807) is 52.1 Å². The van der Waals surface area contributed by atoms with Gasteiger partial charge in [-0.15, -0.1) is 0 Å². The average Bonchev–Trinajstić information content (AvgIpc) is 1.67. The standard InChI is InChI=1S/C64H100N4O22.C12H17NO2.C10H16O4.C4H11N.C2H6O/c1-15-48(85-12)52(64(82)89-30-29-65-54(69)38-17-19-39(20-18-38)67(8)9)44(59(75)76)23-22-41(84-11)32-47-42(56(71)68(57(47)72)34-36(5)6)25-27-49(86-13)51(55(70)66-33-35(3)4)43(58(73)74)26-28-50(87-14)53(63(81)88-16-2)45(60(77)78)24-21-40(83-10)31-46-37(7)61(79)90-62(46)80;1-13(2)11-7-5-10(6-8-11)12(15)4-3-9-14;1-4-7(13-3)5-8-6(2)9(11)14-10(8)12;1-4(2)3-5;1-2-3/h17-20,35-37,40-53H,15-16,21-34H2,1-14H3,(H,65,69)(H,66,70)(H,73,74)(H,75,76)(H,77,78);5-8,14H,3-4,9H2,1-2H3;6-8H,4-5H2,1-3H3;4H,3,5H2,1-2H3;3H,2H2,1H3. The van der Waals surface area contributed by atoms with Gasteiger partial charge in [-0.2, -0.15) is 0 Å². The zero-order chi connectivity index (χ0) is 96.7. The molecule has 0 radical (unpaired) electrons. The first-order valence-electron chi connectivity index (χ1n) is 44.1. The number of carboxylic acid groups (broad SMARTS) is 3. The lowest BCUT2D eigenvalue weighted by molar-refractivity contribution is -0.165. The van der Waals surface area contributed by atoms with Crippen molar-refractivity contribution in [1.82, 2.24) is 15.5 Å². The Labute approximate surface area is 750 Å². The van der Waals surface area contributed by atoms with Gasteiger partial charge < -0.3 is 99.1 Å². The first-order chi connectivity index (χ1) is 60.0. The number of cyclic esters (lactones) is 4. The van der Waals surface area contributed by atoms with E-state index in [0.29, 0.717) is 36.3 Å². The minimum absolute atomic E-state index is 0.00463. The molecule has 35 nitrogen and oxygen atoms in total. The quantitative estimate of drug-likeness (QED) is 0.00766. The number of nitrogens with one attached hydrogen (secondary N) is 2. The van der Waals surface area contributed by atoms with Gasteiger partial charge >= 0.3 is 53.7 Å². The van der Waals surface area contributed by atoms with E-state index >= 15 is 0 Å². The van der Waals surface area contributed by atoms with Gasteiger partial charge in [-0.25, -0.2) is 0 Å². The van der Waals surface area contributed by atoms with Gasteiger partial charge in [0.15, 0.2) is 5.78 Å². The van der Waals surface area contributed by atoms with Crippen LogP contribution in [0.1, 0.15) is 200 Å². The van der Waals surface area contributed by atoms with E-state index in [1.807, 2.05) is 96.9 Å². The first kappa shape index (κ1) is 116. The number of aliphatic hydroxyl groups is 2. The van der Waals surface area contributed by atoms with Gasteiger partial charge in [-0.1, -0.05) is 69.2 Å². The number of aliphatic carboxylic acids is 3. The highest BCUT2D eigenvalue weighted by molar-refractivity contribution is 6.05. The Hall–Kier alpha value is -8.94. The van der Waals surface area contributed by atoms with E-state index in [-0.39, 0.29) is 152 Å². The van der Waals surface area contributed by atoms with Crippen molar-refractivity contribution >= 4 is 94.5 Å². The van der Waals surface area contributed by atoms with Crippen molar-refractivity contribution in [3.05, 3.63) is 59.7 Å². The Bertz CT molecular complexity index is 3680. The molecular formula is C92H150N6O29. The van der Waals surface area contributed by atoms with Crippen LogP contribution in [0.25, 0.3) is 0 Å². The Balaban J connectivity index is 0.00000177. The van der Waals surface area contributed by atoms with E-state index in [9.17, 15) is 82.4 Å². The predicted octanol–water partition coefficient (Wildman–Crippen LogP) is 8.74.